The van der Waals surface area contributed by atoms with E-state index in [0.717, 1.165) is 18.1 Å². The second-order valence-corrected chi connectivity index (χ2v) is 4.87. The number of methoxy groups -OCH3 is 1. The van der Waals surface area contributed by atoms with Crippen molar-refractivity contribution in [3.05, 3.63) is 58.4 Å². The van der Waals surface area contributed by atoms with Crippen molar-refractivity contribution in [3.63, 3.8) is 0 Å². The molecule has 21 heavy (non-hydrogen) atoms. The number of ether oxygens (including phenoxy) is 1. The maximum atomic E-state index is 13.2. The molecule has 0 atom stereocenters. The summed E-state index contributed by atoms with van der Waals surface area (Å²) >= 11 is 5.92. The first-order valence-corrected chi connectivity index (χ1v) is 6.86. The number of rotatable bonds is 4. The van der Waals surface area contributed by atoms with Gasteiger partial charge in [-0.15, -0.1) is 0 Å². The van der Waals surface area contributed by atoms with Crippen molar-refractivity contribution in [2.24, 2.45) is 0 Å². The van der Waals surface area contributed by atoms with Gasteiger partial charge in [-0.1, -0.05) is 24.6 Å². The largest absolute Gasteiger partial charge is 0.495 e. The fourth-order valence-corrected chi connectivity index (χ4v) is 2.12. The van der Waals surface area contributed by atoms with Crippen LogP contribution in [0.5, 0.6) is 5.75 Å². The number of amides is 1. The van der Waals surface area contributed by atoms with E-state index < -0.39 is 11.7 Å². The first kappa shape index (κ1) is 15.3. The number of nitrogens with one attached hydrogen (secondary N) is 1. The fraction of sp³-hybridized carbons (Fsp3) is 0.188. The lowest BCUT2D eigenvalue weighted by Gasteiger charge is -2.12. The molecule has 0 saturated carbocycles. The van der Waals surface area contributed by atoms with Crippen molar-refractivity contribution in [2.45, 2.75) is 13.3 Å². The van der Waals surface area contributed by atoms with Gasteiger partial charge in [0, 0.05) is 0 Å². The zero-order chi connectivity index (χ0) is 15.4. The van der Waals surface area contributed by atoms with Crippen LogP contribution in [0.3, 0.4) is 0 Å². The number of hydrogen-bond donors (Lipinski definition) is 1. The third-order valence-corrected chi connectivity index (χ3v) is 3.43. The fourth-order valence-electron chi connectivity index (χ4n) is 1.92. The maximum absolute atomic E-state index is 13.2. The van der Waals surface area contributed by atoms with Crippen LogP contribution in [0.15, 0.2) is 36.4 Å². The van der Waals surface area contributed by atoms with Crippen LogP contribution in [-0.4, -0.2) is 13.0 Å². The molecule has 2 aromatic carbocycles. The average Bonchev–Trinajstić information content (AvgIpc) is 2.49. The van der Waals surface area contributed by atoms with E-state index in [9.17, 15) is 9.18 Å². The molecular formula is C16H15ClFNO2. The first-order valence-electron chi connectivity index (χ1n) is 6.48. The highest BCUT2D eigenvalue weighted by Crippen LogP contribution is 2.27. The molecule has 0 aliphatic rings. The van der Waals surface area contributed by atoms with E-state index in [2.05, 4.69) is 5.32 Å². The van der Waals surface area contributed by atoms with Gasteiger partial charge in [0.25, 0.3) is 5.91 Å². The van der Waals surface area contributed by atoms with Crippen LogP contribution in [-0.2, 0) is 6.42 Å². The second-order valence-electron chi connectivity index (χ2n) is 4.47. The van der Waals surface area contributed by atoms with Crippen LogP contribution in [0.2, 0.25) is 5.02 Å². The van der Waals surface area contributed by atoms with Crippen molar-refractivity contribution in [2.75, 3.05) is 12.4 Å². The molecule has 0 heterocycles. The Labute approximate surface area is 127 Å². The van der Waals surface area contributed by atoms with Gasteiger partial charge in [-0.2, -0.15) is 0 Å². The van der Waals surface area contributed by atoms with Crippen molar-refractivity contribution in [1.29, 1.82) is 0 Å². The van der Waals surface area contributed by atoms with Crippen LogP contribution in [0.25, 0.3) is 0 Å². The summed E-state index contributed by atoms with van der Waals surface area (Å²) in [5, 5.41) is 2.87. The van der Waals surface area contributed by atoms with E-state index in [4.69, 9.17) is 16.3 Å². The van der Waals surface area contributed by atoms with E-state index in [1.54, 1.807) is 6.07 Å². The van der Waals surface area contributed by atoms with Crippen molar-refractivity contribution in [1.82, 2.24) is 0 Å². The molecule has 0 aliphatic carbocycles. The number of aryl methyl sites for hydroxylation is 1. The molecule has 0 saturated heterocycles. The molecule has 2 rings (SSSR count). The molecule has 2 aromatic rings. The van der Waals surface area contributed by atoms with Crippen LogP contribution in [0.1, 0.15) is 22.8 Å². The summed E-state index contributed by atoms with van der Waals surface area (Å²) in [6.45, 7) is 2.03. The number of halogens is 2. The van der Waals surface area contributed by atoms with E-state index >= 15 is 0 Å². The van der Waals surface area contributed by atoms with Gasteiger partial charge in [0.2, 0.25) is 0 Å². The van der Waals surface area contributed by atoms with Crippen molar-refractivity contribution < 1.29 is 13.9 Å². The minimum absolute atomic E-state index is 0.0817. The topological polar surface area (TPSA) is 38.3 Å². The molecule has 0 bridgehead atoms. The van der Waals surface area contributed by atoms with Crippen LogP contribution < -0.4 is 10.1 Å². The lowest BCUT2D eigenvalue weighted by molar-refractivity contribution is 0.102. The molecular weight excluding hydrogens is 293 g/mol. The first-order chi connectivity index (χ1) is 10.0. The zero-order valence-electron chi connectivity index (χ0n) is 11.7. The highest BCUT2D eigenvalue weighted by atomic mass is 35.5. The SMILES string of the molecule is CCc1ccc(NC(=O)c2cc(F)ccc2Cl)c(OC)c1. The predicted octanol–water partition coefficient (Wildman–Crippen LogP) is 4.30. The monoisotopic (exact) mass is 307 g/mol. The third kappa shape index (κ3) is 3.52. The lowest BCUT2D eigenvalue weighted by Crippen LogP contribution is -2.13. The lowest BCUT2D eigenvalue weighted by atomic mass is 10.1. The molecule has 1 N–H and O–H groups in total. The summed E-state index contributed by atoms with van der Waals surface area (Å²) in [7, 11) is 1.53. The Balaban J connectivity index is 2.29. The highest BCUT2D eigenvalue weighted by Gasteiger charge is 2.14. The van der Waals surface area contributed by atoms with E-state index in [0.29, 0.717) is 11.4 Å². The number of carbonyl (C=O) groups excluding carboxylic acids is 1. The van der Waals surface area contributed by atoms with Gasteiger partial charge in [0.15, 0.2) is 0 Å². The van der Waals surface area contributed by atoms with E-state index in [-0.39, 0.29) is 10.6 Å². The molecule has 0 unspecified atom stereocenters. The maximum Gasteiger partial charge on any atom is 0.257 e. The molecule has 5 heteroatoms. The third-order valence-electron chi connectivity index (χ3n) is 3.10. The molecule has 0 aromatic heterocycles. The summed E-state index contributed by atoms with van der Waals surface area (Å²) in [4.78, 5) is 12.2. The van der Waals surface area contributed by atoms with Crippen molar-refractivity contribution >= 4 is 23.2 Å². The number of benzene rings is 2. The van der Waals surface area contributed by atoms with Crippen LogP contribution in [0, 0.1) is 5.82 Å². The molecule has 1 amide bonds. The second kappa shape index (κ2) is 6.59. The minimum atomic E-state index is -0.516. The van der Waals surface area contributed by atoms with Gasteiger partial charge in [0.05, 0.1) is 23.4 Å². The molecule has 0 radical (unpaired) electrons. The van der Waals surface area contributed by atoms with E-state index in [1.807, 2.05) is 19.1 Å². The quantitative estimate of drug-likeness (QED) is 0.914. The molecule has 0 fully saturated rings. The summed E-state index contributed by atoms with van der Waals surface area (Å²) in [6, 6.07) is 9.15. The zero-order valence-corrected chi connectivity index (χ0v) is 12.5. The Morgan fingerprint density at radius 1 is 1.29 bits per heavy atom. The molecule has 110 valence electrons. The van der Waals surface area contributed by atoms with Gasteiger partial charge in [0.1, 0.15) is 11.6 Å². The summed E-state index contributed by atoms with van der Waals surface area (Å²) < 4.78 is 18.5. The molecule has 0 aliphatic heterocycles. The van der Waals surface area contributed by atoms with Gasteiger partial charge in [-0.25, -0.2) is 4.39 Å². The molecule has 0 spiro atoms. The number of carbonyl (C=O) groups is 1. The predicted molar refractivity (Wildman–Crippen MR) is 81.7 cm³/mol. The summed E-state index contributed by atoms with van der Waals surface area (Å²) in [6.07, 6.45) is 0.861. The summed E-state index contributed by atoms with van der Waals surface area (Å²) in [5.74, 6) is -0.449. The van der Waals surface area contributed by atoms with Gasteiger partial charge in [-0.3, -0.25) is 4.79 Å². The normalized spacial score (nSPS) is 10.3. The molecule has 3 nitrogen and oxygen atoms in total. The van der Waals surface area contributed by atoms with Gasteiger partial charge < -0.3 is 10.1 Å². The minimum Gasteiger partial charge on any atom is -0.495 e. The standard InChI is InChI=1S/C16H15ClFNO2/c1-3-10-4-7-14(15(8-10)21-2)19-16(20)12-9-11(18)5-6-13(12)17/h4-9H,3H2,1-2H3,(H,19,20). The Morgan fingerprint density at radius 3 is 2.71 bits per heavy atom. The number of anilines is 1. The van der Waals surface area contributed by atoms with Crippen LogP contribution >= 0.6 is 11.6 Å². The Kier molecular flexibility index (Phi) is 4.81. The van der Waals surface area contributed by atoms with Crippen LogP contribution in [0.4, 0.5) is 10.1 Å². The van der Waals surface area contributed by atoms with E-state index in [1.165, 1.54) is 19.2 Å². The van der Waals surface area contributed by atoms with Gasteiger partial charge in [-0.05, 0) is 42.3 Å². The Bertz CT molecular complexity index is 673. The summed E-state index contributed by atoms with van der Waals surface area (Å²) in [5.41, 5.74) is 1.69. The number of hydrogen-bond acceptors (Lipinski definition) is 2. The Hall–Kier alpha value is -2.07. The average molecular weight is 308 g/mol. The van der Waals surface area contributed by atoms with Crippen molar-refractivity contribution in [3.8, 4) is 5.75 Å². The Morgan fingerprint density at radius 2 is 2.05 bits per heavy atom. The highest BCUT2D eigenvalue weighted by molar-refractivity contribution is 6.34. The smallest absolute Gasteiger partial charge is 0.257 e. The van der Waals surface area contributed by atoms with Gasteiger partial charge >= 0.3 is 0 Å².